The van der Waals surface area contributed by atoms with Gasteiger partial charge in [-0.1, -0.05) is 58.0 Å². The summed E-state index contributed by atoms with van der Waals surface area (Å²) in [6.07, 6.45) is 1.79. The number of benzene rings is 2. The zero-order valence-corrected chi connectivity index (χ0v) is 20.5. The van der Waals surface area contributed by atoms with Crippen LogP contribution < -0.4 is 0 Å². The first kappa shape index (κ1) is 22.7. The maximum absolute atomic E-state index is 13.3. The maximum Gasteiger partial charge on any atom is 0.254 e. The third-order valence-corrected chi connectivity index (χ3v) is 7.24. The molecular formula is C24H25BrN4O2S. The lowest BCUT2D eigenvalue weighted by Crippen LogP contribution is -2.32. The molecule has 3 aromatic rings. The molecule has 1 aromatic heterocycles. The fourth-order valence-corrected chi connectivity index (χ4v) is 5.21. The van der Waals surface area contributed by atoms with Crippen LogP contribution in [0.2, 0.25) is 0 Å². The van der Waals surface area contributed by atoms with E-state index in [1.165, 1.54) is 11.8 Å². The Kier molecular flexibility index (Phi) is 7.10. The molecule has 1 unspecified atom stereocenters. The van der Waals surface area contributed by atoms with Crippen molar-refractivity contribution in [2.45, 2.75) is 44.4 Å². The highest BCUT2D eigenvalue weighted by Crippen LogP contribution is 2.34. The highest BCUT2D eigenvalue weighted by Gasteiger charge is 2.35. The number of likely N-dealkylation sites (tertiary alicyclic amines) is 1. The van der Waals surface area contributed by atoms with E-state index < -0.39 is 0 Å². The van der Waals surface area contributed by atoms with Crippen molar-refractivity contribution in [2.24, 2.45) is 0 Å². The Bertz CT molecular complexity index is 1130. The number of amides is 1. The molecule has 0 radical (unpaired) electrons. The number of carbonyl (C=O) groups excluding carboxylic acids is 2. The average molecular weight is 513 g/mol. The van der Waals surface area contributed by atoms with Crippen molar-refractivity contribution in [2.75, 3.05) is 12.3 Å². The van der Waals surface area contributed by atoms with Gasteiger partial charge in [-0.3, -0.25) is 9.59 Å². The number of carbonyl (C=O) groups is 2. The minimum absolute atomic E-state index is 0.0378. The summed E-state index contributed by atoms with van der Waals surface area (Å²) < 4.78 is 2.98. The molecule has 1 atom stereocenters. The summed E-state index contributed by atoms with van der Waals surface area (Å²) in [6.45, 7) is 5.39. The van der Waals surface area contributed by atoms with E-state index in [2.05, 4.69) is 26.1 Å². The van der Waals surface area contributed by atoms with Gasteiger partial charge in [-0.25, -0.2) is 0 Å². The SMILES string of the molecule is CCn1c(SCC(=O)c2ccc(Br)cc2)nnc1C1CCCN1C(=O)c1ccccc1C. The van der Waals surface area contributed by atoms with Crippen molar-refractivity contribution in [1.29, 1.82) is 0 Å². The number of aromatic nitrogens is 3. The van der Waals surface area contributed by atoms with Crippen LogP contribution in [0.1, 0.15) is 57.9 Å². The molecule has 0 bridgehead atoms. The van der Waals surface area contributed by atoms with Crippen LogP contribution in [0.5, 0.6) is 0 Å². The predicted molar refractivity (Wildman–Crippen MR) is 129 cm³/mol. The second-order valence-corrected chi connectivity index (χ2v) is 9.63. The zero-order chi connectivity index (χ0) is 22.7. The van der Waals surface area contributed by atoms with Gasteiger partial charge < -0.3 is 9.47 Å². The van der Waals surface area contributed by atoms with E-state index in [0.29, 0.717) is 23.8 Å². The summed E-state index contributed by atoms with van der Waals surface area (Å²) in [4.78, 5) is 27.8. The Hall–Kier alpha value is -2.45. The summed E-state index contributed by atoms with van der Waals surface area (Å²) in [5.74, 6) is 1.17. The molecule has 0 saturated carbocycles. The number of ketones is 1. The highest BCUT2D eigenvalue weighted by atomic mass is 79.9. The Morgan fingerprint density at radius 1 is 1.12 bits per heavy atom. The quantitative estimate of drug-likeness (QED) is 0.316. The van der Waals surface area contributed by atoms with Crippen LogP contribution in [0, 0.1) is 6.92 Å². The van der Waals surface area contributed by atoms with Crippen LogP contribution >= 0.6 is 27.7 Å². The van der Waals surface area contributed by atoms with E-state index in [9.17, 15) is 9.59 Å². The van der Waals surface area contributed by atoms with E-state index in [1.807, 2.05) is 71.8 Å². The van der Waals surface area contributed by atoms with Crippen LogP contribution in [0.3, 0.4) is 0 Å². The number of nitrogens with zero attached hydrogens (tertiary/aromatic N) is 4. The molecule has 1 amide bonds. The van der Waals surface area contributed by atoms with Gasteiger partial charge in [-0.15, -0.1) is 10.2 Å². The van der Waals surface area contributed by atoms with Crippen molar-refractivity contribution in [3.05, 3.63) is 75.5 Å². The molecule has 166 valence electrons. The van der Waals surface area contributed by atoms with Crippen LogP contribution in [0.25, 0.3) is 0 Å². The lowest BCUT2D eigenvalue weighted by atomic mass is 10.1. The first-order valence-corrected chi connectivity index (χ1v) is 12.5. The number of thioether (sulfide) groups is 1. The van der Waals surface area contributed by atoms with E-state index in [4.69, 9.17) is 0 Å². The van der Waals surface area contributed by atoms with Gasteiger partial charge in [0.25, 0.3) is 5.91 Å². The summed E-state index contributed by atoms with van der Waals surface area (Å²) in [6, 6.07) is 14.9. The third kappa shape index (κ3) is 4.66. The van der Waals surface area contributed by atoms with Crippen molar-refractivity contribution in [3.63, 3.8) is 0 Å². The van der Waals surface area contributed by atoms with E-state index in [-0.39, 0.29) is 23.5 Å². The minimum atomic E-state index is -0.105. The first-order chi connectivity index (χ1) is 15.5. The molecule has 32 heavy (non-hydrogen) atoms. The van der Waals surface area contributed by atoms with Crippen molar-refractivity contribution in [3.8, 4) is 0 Å². The molecule has 1 aliphatic heterocycles. The number of rotatable bonds is 7. The minimum Gasteiger partial charge on any atom is -0.328 e. The number of aryl methyl sites for hydroxylation is 1. The monoisotopic (exact) mass is 512 g/mol. The van der Waals surface area contributed by atoms with Crippen LogP contribution in [-0.4, -0.2) is 43.7 Å². The number of Topliss-reactive ketones (excluding diaryl/α,β-unsaturated/α-hetero) is 1. The molecule has 0 spiro atoms. The second kappa shape index (κ2) is 10.0. The molecule has 2 heterocycles. The van der Waals surface area contributed by atoms with Crippen LogP contribution in [0.15, 0.2) is 58.2 Å². The smallest absolute Gasteiger partial charge is 0.254 e. The molecule has 0 N–H and O–H groups in total. The van der Waals surface area contributed by atoms with Crippen LogP contribution in [-0.2, 0) is 6.54 Å². The van der Waals surface area contributed by atoms with Gasteiger partial charge in [-0.2, -0.15) is 0 Å². The lowest BCUT2D eigenvalue weighted by Gasteiger charge is -2.25. The van der Waals surface area contributed by atoms with Gasteiger partial charge in [0.2, 0.25) is 0 Å². The Balaban J connectivity index is 1.52. The van der Waals surface area contributed by atoms with Crippen molar-refractivity contribution >= 4 is 39.4 Å². The molecule has 8 heteroatoms. The number of hydrogen-bond acceptors (Lipinski definition) is 5. The van der Waals surface area contributed by atoms with Crippen LogP contribution in [0.4, 0.5) is 0 Å². The third-order valence-electron chi connectivity index (χ3n) is 5.75. The molecule has 1 aliphatic rings. The summed E-state index contributed by atoms with van der Waals surface area (Å²) in [5.41, 5.74) is 2.38. The van der Waals surface area contributed by atoms with E-state index in [0.717, 1.165) is 34.3 Å². The molecule has 0 aliphatic carbocycles. The van der Waals surface area contributed by atoms with Gasteiger partial charge >= 0.3 is 0 Å². The van der Waals surface area contributed by atoms with Gasteiger partial charge in [0.1, 0.15) is 0 Å². The van der Waals surface area contributed by atoms with Gasteiger partial charge in [0, 0.05) is 28.7 Å². The van der Waals surface area contributed by atoms with E-state index >= 15 is 0 Å². The van der Waals surface area contributed by atoms with Gasteiger partial charge in [-0.05, 0) is 50.5 Å². The molecule has 6 nitrogen and oxygen atoms in total. The largest absolute Gasteiger partial charge is 0.328 e. The fraction of sp³-hybridized carbons (Fsp3) is 0.333. The normalized spacial score (nSPS) is 15.8. The number of hydrogen-bond donors (Lipinski definition) is 0. The second-order valence-electron chi connectivity index (χ2n) is 7.78. The lowest BCUT2D eigenvalue weighted by molar-refractivity contribution is 0.0726. The molecule has 2 aromatic carbocycles. The Morgan fingerprint density at radius 2 is 1.88 bits per heavy atom. The summed E-state index contributed by atoms with van der Waals surface area (Å²) in [5, 5.41) is 9.55. The standard InChI is InChI=1S/C24H25BrN4O2S/c1-3-28-22(20-9-6-14-29(20)23(31)19-8-5-4-7-16(19)2)26-27-24(28)32-15-21(30)17-10-12-18(25)13-11-17/h4-5,7-8,10-13,20H,3,6,9,14-15H2,1-2H3. The highest BCUT2D eigenvalue weighted by molar-refractivity contribution is 9.10. The van der Waals surface area contributed by atoms with Gasteiger partial charge in [0.05, 0.1) is 11.8 Å². The molecule has 1 fully saturated rings. The fourth-order valence-electron chi connectivity index (χ4n) is 4.05. The van der Waals surface area contributed by atoms with Gasteiger partial charge in [0.15, 0.2) is 16.8 Å². The van der Waals surface area contributed by atoms with Crippen molar-refractivity contribution < 1.29 is 9.59 Å². The summed E-state index contributed by atoms with van der Waals surface area (Å²) >= 11 is 4.78. The molecule has 4 rings (SSSR count). The molecule has 1 saturated heterocycles. The predicted octanol–water partition coefficient (Wildman–Crippen LogP) is 5.32. The van der Waals surface area contributed by atoms with E-state index in [1.54, 1.807) is 0 Å². The summed E-state index contributed by atoms with van der Waals surface area (Å²) in [7, 11) is 0. The molecular weight excluding hydrogens is 488 g/mol. The van der Waals surface area contributed by atoms with Crippen molar-refractivity contribution in [1.82, 2.24) is 19.7 Å². The zero-order valence-electron chi connectivity index (χ0n) is 18.1. The Morgan fingerprint density at radius 3 is 2.59 bits per heavy atom. The maximum atomic E-state index is 13.3. The first-order valence-electron chi connectivity index (χ1n) is 10.7. The average Bonchev–Trinajstić information content (AvgIpc) is 3.44. The topological polar surface area (TPSA) is 68.1 Å². The Labute approximate surface area is 200 Å². The number of halogens is 1.